The van der Waals surface area contributed by atoms with E-state index in [-0.39, 0.29) is 0 Å². The summed E-state index contributed by atoms with van der Waals surface area (Å²) in [5.41, 5.74) is 0. The van der Waals surface area contributed by atoms with Crippen molar-refractivity contribution in [1.82, 2.24) is 0 Å². The molecule has 0 atom stereocenters. The molecule has 0 heterocycles. The average molecular weight is 126 g/mol. The Hall–Kier alpha value is -0.860. The quantitative estimate of drug-likeness (QED) is 0.424. The normalized spacial score (nSPS) is 7.33. The van der Waals surface area contributed by atoms with Crippen LogP contribution in [0.4, 0.5) is 0 Å². The highest BCUT2D eigenvalue weighted by molar-refractivity contribution is 4.99. The molecule has 1 rings (SSSR count). The number of hydrogen-bond acceptors (Lipinski definition) is 2. The summed E-state index contributed by atoms with van der Waals surface area (Å²) in [6.45, 7) is 0. The molecule has 0 saturated carbocycles. The first kappa shape index (κ1) is 8.14. The van der Waals surface area contributed by atoms with Crippen molar-refractivity contribution in [3.8, 4) is 0 Å². The molecular weight excluding hydrogens is 116 g/mol. The monoisotopic (exact) mass is 126 g/mol. The van der Waals surface area contributed by atoms with Crippen LogP contribution in [0.5, 0.6) is 0 Å². The van der Waals surface area contributed by atoms with Crippen LogP contribution in [-0.2, 0) is 4.89 Å². The van der Waals surface area contributed by atoms with Gasteiger partial charge in [-0.3, -0.25) is 5.26 Å². The Morgan fingerprint density at radius 1 is 0.889 bits per heavy atom. The van der Waals surface area contributed by atoms with Gasteiger partial charge >= 0.3 is 0 Å². The molecule has 9 heavy (non-hydrogen) atoms. The standard InChI is InChI=1S/C6H6.CH4O2/c1-2-4-6-5-3-1;1-3-2/h1-6H;2H,1H3. The van der Waals surface area contributed by atoms with Crippen LogP contribution in [-0.4, -0.2) is 12.4 Å². The van der Waals surface area contributed by atoms with E-state index in [0.29, 0.717) is 0 Å². The van der Waals surface area contributed by atoms with Crippen LogP contribution < -0.4 is 0 Å². The fraction of sp³-hybridized carbons (Fsp3) is 0.143. The van der Waals surface area contributed by atoms with E-state index in [9.17, 15) is 0 Å². The van der Waals surface area contributed by atoms with Crippen molar-refractivity contribution >= 4 is 0 Å². The van der Waals surface area contributed by atoms with Crippen LogP contribution in [0.15, 0.2) is 36.4 Å². The molecule has 1 aromatic carbocycles. The second-order valence-corrected chi connectivity index (χ2v) is 1.34. The maximum Gasteiger partial charge on any atom is 0.0710 e. The smallest absolute Gasteiger partial charge is 0.0710 e. The Morgan fingerprint density at radius 2 is 1.00 bits per heavy atom. The molecule has 0 saturated heterocycles. The van der Waals surface area contributed by atoms with E-state index in [2.05, 4.69) is 4.89 Å². The van der Waals surface area contributed by atoms with Gasteiger partial charge in [-0.25, -0.2) is 4.89 Å². The number of benzene rings is 1. The van der Waals surface area contributed by atoms with E-state index < -0.39 is 0 Å². The largest absolute Gasteiger partial charge is 0.252 e. The fourth-order valence-corrected chi connectivity index (χ4v) is 0.385. The molecule has 0 fully saturated rings. The van der Waals surface area contributed by atoms with E-state index in [1.165, 1.54) is 7.11 Å². The minimum Gasteiger partial charge on any atom is -0.252 e. The van der Waals surface area contributed by atoms with Crippen molar-refractivity contribution in [2.24, 2.45) is 0 Å². The van der Waals surface area contributed by atoms with E-state index in [1.807, 2.05) is 36.4 Å². The third-order valence-corrected chi connectivity index (χ3v) is 0.667. The van der Waals surface area contributed by atoms with Crippen molar-refractivity contribution in [2.45, 2.75) is 0 Å². The first-order valence-electron chi connectivity index (χ1n) is 2.59. The van der Waals surface area contributed by atoms with Crippen LogP contribution in [0.3, 0.4) is 0 Å². The summed E-state index contributed by atoms with van der Waals surface area (Å²) in [5, 5.41) is 7.07. The minimum atomic E-state index is 1.18. The lowest BCUT2D eigenvalue weighted by molar-refractivity contribution is -0.214. The van der Waals surface area contributed by atoms with E-state index in [1.54, 1.807) is 0 Å². The summed E-state index contributed by atoms with van der Waals surface area (Å²) >= 11 is 0. The van der Waals surface area contributed by atoms with Gasteiger partial charge in [-0.1, -0.05) is 36.4 Å². The zero-order valence-electron chi connectivity index (χ0n) is 5.32. The first-order valence-corrected chi connectivity index (χ1v) is 2.59. The molecule has 0 aliphatic carbocycles. The van der Waals surface area contributed by atoms with Crippen LogP contribution in [0, 0.1) is 0 Å². The number of hydrogen-bond donors (Lipinski definition) is 1. The SMILES string of the molecule is COO.c1ccccc1. The molecule has 2 heteroatoms. The van der Waals surface area contributed by atoms with Gasteiger partial charge in [-0.2, -0.15) is 0 Å². The Balaban J connectivity index is 0.000000187. The van der Waals surface area contributed by atoms with E-state index >= 15 is 0 Å². The van der Waals surface area contributed by atoms with Crippen molar-refractivity contribution in [1.29, 1.82) is 0 Å². The molecule has 0 aromatic heterocycles. The van der Waals surface area contributed by atoms with Crippen molar-refractivity contribution < 1.29 is 10.1 Å². The summed E-state index contributed by atoms with van der Waals surface area (Å²) in [5.74, 6) is 0. The highest BCUT2D eigenvalue weighted by Crippen LogP contribution is 1.79. The van der Waals surface area contributed by atoms with Crippen molar-refractivity contribution in [3.05, 3.63) is 36.4 Å². The van der Waals surface area contributed by atoms with Gasteiger partial charge in [0.25, 0.3) is 0 Å². The second-order valence-electron chi connectivity index (χ2n) is 1.34. The number of rotatable bonds is 0. The first-order chi connectivity index (χ1) is 4.41. The molecule has 1 aromatic rings. The lowest BCUT2D eigenvalue weighted by Crippen LogP contribution is -1.57. The molecule has 2 nitrogen and oxygen atoms in total. The third kappa shape index (κ3) is 7.14. The molecular formula is C7H10O2. The maximum atomic E-state index is 7.07. The van der Waals surface area contributed by atoms with Crippen LogP contribution in [0.1, 0.15) is 0 Å². The molecule has 0 aliphatic rings. The molecule has 0 amide bonds. The van der Waals surface area contributed by atoms with Gasteiger partial charge in [-0.05, 0) is 0 Å². The second kappa shape index (κ2) is 7.14. The van der Waals surface area contributed by atoms with Crippen molar-refractivity contribution in [2.75, 3.05) is 7.11 Å². The zero-order chi connectivity index (χ0) is 6.95. The van der Waals surface area contributed by atoms with Gasteiger partial charge in [0, 0.05) is 0 Å². The predicted octanol–water partition coefficient (Wildman–Crippen LogP) is 1.79. The molecule has 0 bridgehead atoms. The van der Waals surface area contributed by atoms with Gasteiger partial charge < -0.3 is 0 Å². The maximum absolute atomic E-state index is 7.07. The fourth-order valence-electron chi connectivity index (χ4n) is 0.385. The molecule has 0 unspecified atom stereocenters. The average Bonchev–Trinajstić information content (AvgIpc) is 1.93. The topological polar surface area (TPSA) is 29.5 Å². The van der Waals surface area contributed by atoms with Crippen LogP contribution in [0.25, 0.3) is 0 Å². The Labute approximate surface area is 54.6 Å². The highest BCUT2D eigenvalue weighted by atomic mass is 17.1. The van der Waals surface area contributed by atoms with E-state index in [0.717, 1.165) is 0 Å². The minimum absolute atomic E-state index is 1.18. The molecule has 1 N–H and O–H groups in total. The molecule has 0 aliphatic heterocycles. The van der Waals surface area contributed by atoms with Gasteiger partial charge in [0.15, 0.2) is 0 Å². The van der Waals surface area contributed by atoms with Crippen LogP contribution in [0.2, 0.25) is 0 Å². The predicted molar refractivity (Wildman–Crippen MR) is 36.1 cm³/mol. The Kier molecular flexibility index (Phi) is 6.46. The van der Waals surface area contributed by atoms with Crippen LogP contribution >= 0.6 is 0 Å². The third-order valence-electron chi connectivity index (χ3n) is 0.667. The summed E-state index contributed by atoms with van der Waals surface area (Å²) < 4.78 is 0. The van der Waals surface area contributed by atoms with E-state index in [4.69, 9.17) is 5.26 Å². The van der Waals surface area contributed by atoms with Gasteiger partial charge in [0.05, 0.1) is 7.11 Å². The lowest BCUT2D eigenvalue weighted by atomic mass is 10.4. The Morgan fingerprint density at radius 3 is 1.11 bits per heavy atom. The van der Waals surface area contributed by atoms with Gasteiger partial charge in [0.2, 0.25) is 0 Å². The highest BCUT2D eigenvalue weighted by Gasteiger charge is 1.57. The van der Waals surface area contributed by atoms with Crippen molar-refractivity contribution in [3.63, 3.8) is 0 Å². The molecule has 50 valence electrons. The summed E-state index contributed by atoms with van der Waals surface area (Å²) in [6.07, 6.45) is 0. The zero-order valence-corrected chi connectivity index (χ0v) is 5.32. The molecule has 0 spiro atoms. The summed E-state index contributed by atoms with van der Waals surface area (Å²) in [7, 11) is 1.18. The lowest BCUT2D eigenvalue weighted by Gasteiger charge is -1.69. The summed E-state index contributed by atoms with van der Waals surface area (Å²) in [4.78, 5) is 3.25. The van der Waals surface area contributed by atoms with Gasteiger partial charge in [0.1, 0.15) is 0 Å². The summed E-state index contributed by atoms with van der Waals surface area (Å²) in [6, 6.07) is 12.0. The van der Waals surface area contributed by atoms with Gasteiger partial charge in [-0.15, -0.1) is 0 Å². The Bertz CT molecular complexity index is 89.8. The molecule has 0 radical (unpaired) electrons.